The Morgan fingerprint density at radius 3 is 2.45 bits per heavy atom. The zero-order valence-electron chi connectivity index (χ0n) is 19.7. The second-order valence-corrected chi connectivity index (χ2v) is 9.32. The van der Waals surface area contributed by atoms with Crippen LogP contribution in [-0.2, 0) is 16.1 Å². The first-order valence-corrected chi connectivity index (χ1v) is 11.8. The predicted octanol–water partition coefficient (Wildman–Crippen LogP) is 2.93. The van der Waals surface area contributed by atoms with Crippen molar-refractivity contribution in [1.82, 2.24) is 29.4 Å². The second-order valence-electron chi connectivity index (χ2n) is 9.32. The molecule has 2 N–H and O–H groups in total. The Hall–Kier alpha value is -3.07. The number of rotatable bonds is 5. The van der Waals surface area contributed by atoms with E-state index in [4.69, 9.17) is 20.4 Å². The van der Waals surface area contributed by atoms with Crippen molar-refractivity contribution in [3.63, 3.8) is 0 Å². The molecule has 3 aromatic rings. The van der Waals surface area contributed by atoms with Crippen molar-refractivity contribution in [1.29, 1.82) is 0 Å². The lowest BCUT2D eigenvalue weighted by Gasteiger charge is -2.37. The Morgan fingerprint density at radius 2 is 1.85 bits per heavy atom. The smallest absolute Gasteiger partial charge is 0.232 e. The molecular formula is C24H31N7O2. The highest BCUT2D eigenvalue weighted by Gasteiger charge is 2.42. The first-order chi connectivity index (χ1) is 15.9. The molecule has 0 radical (unpaired) electrons. The minimum Gasteiger partial charge on any atom is -0.397 e. The van der Waals surface area contributed by atoms with Crippen LogP contribution in [0.2, 0.25) is 0 Å². The van der Waals surface area contributed by atoms with Gasteiger partial charge >= 0.3 is 0 Å². The number of anilines is 1. The zero-order chi connectivity index (χ0) is 23.3. The van der Waals surface area contributed by atoms with Gasteiger partial charge in [0.25, 0.3) is 0 Å². The monoisotopic (exact) mass is 449 g/mol. The van der Waals surface area contributed by atoms with E-state index in [1.807, 2.05) is 43.2 Å². The molecule has 174 valence electrons. The van der Waals surface area contributed by atoms with Crippen molar-refractivity contribution >= 4 is 22.8 Å². The number of nitrogen functional groups attached to an aromatic ring is 1. The number of carbonyl (C=O) groups excluding carboxylic acids is 1. The third-order valence-electron chi connectivity index (χ3n) is 6.52. The Balaban J connectivity index is 1.57. The topological polar surface area (TPSA) is 112 Å². The van der Waals surface area contributed by atoms with E-state index in [0.717, 1.165) is 29.9 Å². The first kappa shape index (κ1) is 21.8. The molecule has 2 fully saturated rings. The van der Waals surface area contributed by atoms with E-state index in [9.17, 15) is 4.79 Å². The lowest BCUT2D eigenvalue weighted by Crippen LogP contribution is -2.50. The second kappa shape index (κ2) is 8.37. The molecule has 1 amide bonds. The van der Waals surface area contributed by atoms with Crippen LogP contribution in [0.3, 0.4) is 0 Å². The Bertz CT molecular complexity index is 1180. The van der Waals surface area contributed by atoms with Crippen molar-refractivity contribution in [2.45, 2.75) is 65.2 Å². The number of amides is 1. The molecule has 3 atom stereocenters. The molecule has 3 aromatic heterocycles. The van der Waals surface area contributed by atoms with Gasteiger partial charge in [-0.15, -0.1) is 0 Å². The summed E-state index contributed by atoms with van der Waals surface area (Å²) in [7, 11) is 0. The lowest BCUT2D eigenvalue weighted by atomic mass is 9.96. The van der Waals surface area contributed by atoms with Crippen molar-refractivity contribution in [3.05, 3.63) is 30.0 Å². The van der Waals surface area contributed by atoms with E-state index in [-0.39, 0.29) is 24.0 Å². The molecule has 5 rings (SSSR count). The third-order valence-corrected chi connectivity index (χ3v) is 6.52. The van der Waals surface area contributed by atoms with E-state index in [0.29, 0.717) is 48.2 Å². The Labute approximate surface area is 193 Å². The molecule has 9 nitrogen and oxygen atoms in total. The summed E-state index contributed by atoms with van der Waals surface area (Å²) in [6.07, 6.45) is 5.65. The Kier molecular flexibility index (Phi) is 5.52. The minimum absolute atomic E-state index is 0.0267. The van der Waals surface area contributed by atoms with Gasteiger partial charge in [0.1, 0.15) is 17.2 Å². The van der Waals surface area contributed by atoms with Crippen LogP contribution in [-0.4, -0.2) is 60.6 Å². The summed E-state index contributed by atoms with van der Waals surface area (Å²) in [5.41, 5.74) is 9.92. The molecule has 4 heterocycles. The van der Waals surface area contributed by atoms with Crippen molar-refractivity contribution in [3.8, 4) is 11.4 Å². The largest absolute Gasteiger partial charge is 0.397 e. The molecule has 1 saturated heterocycles. The molecule has 0 bridgehead atoms. The predicted molar refractivity (Wildman–Crippen MR) is 125 cm³/mol. The fourth-order valence-corrected chi connectivity index (χ4v) is 4.87. The van der Waals surface area contributed by atoms with Gasteiger partial charge in [-0.2, -0.15) is 0 Å². The number of ether oxygens (including phenoxy) is 1. The van der Waals surface area contributed by atoms with Crippen LogP contribution < -0.4 is 5.73 Å². The molecule has 1 saturated carbocycles. The van der Waals surface area contributed by atoms with Gasteiger partial charge < -0.3 is 19.9 Å². The molecule has 0 aromatic carbocycles. The number of carbonyl (C=O) groups is 1. The van der Waals surface area contributed by atoms with Crippen LogP contribution in [0.5, 0.6) is 0 Å². The lowest BCUT2D eigenvalue weighted by molar-refractivity contribution is -0.145. The first-order valence-electron chi connectivity index (χ1n) is 11.8. The van der Waals surface area contributed by atoms with Gasteiger partial charge in [0.15, 0.2) is 5.65 Å². The summed E-state index contributed by atoms with van der Waals surface area (Å²) in [6.45, 7) is 9.80. The summed E-state index contributed by atoms with van der Waals surface area (Å²) in [4.78, 5) is 34.0. The normalized spacial score (nSPS) is 22.0. The highest BCUT2D eigenvalue weighted by Crippen LogP contribution is 2.44. The van der Waals surface area contributed by atoms with Gasteiger partial charge in [-0.05, 0) is 52.5 Å². The highest BCUT2D eigenvalue weighted by atomic mass is 16.5. The number of nitrogens with two attached hydrogens (primary N) is 1. The van der Waals surface area contributed by atoms with Gasteiger partial charge in [-0.3, -0.25) is 4.79 Å². The summed E-state index contributed by atoms with van der Waals surface area (Å²) < 4.78 is 7.86. The maximum atomic E-state index is 13.7. The van der Waals surface area contributed by atoms with Crippen molar-refractivity contribution in [2.75, 3.05) is 18.8 Å². The maximum Gasteiger partial charge on any atom is 0.232 e. The van der Waals surface area contributed by atoms with E-state index in [2.05, 4.69) is 9.97 Å². The number of morpholine rings is 1. The molecule has 2 aliphatic rings. The summed E-state index contributed by atoms with van der Waals surface area (Å²) in [5, 5.41) is 0. The van der Waals surface area contributed by atoms with Gasteiger partial charge in [-0.25, -0.2) is 19.9 Å². The van der Waals surface area contributed by atoms with Gasteiger partial charge in [0.05, 0.1) is 35.1 Å². The average molecular weight is 450 g/mol. The Morgan fingerprint density at radius 1 is 1.18 bits per heavy atom. The van der Waals surface area contributed by atoms with Crippen LogP contribution in [0, 0.1) is 12.8 Å². The highest BCUT2D eigenvalue weighted by molar-refractivity contribution is 5.90. The van der Waals surface area contributed by atoms with Gasteiger partial charge in [0.2, 0.25) is 5.91 Å². The average Bonchev–Trinajstić information content (AvgIpc) is 3.53. The summed E-state index contributed by atoms with van der Waals surface area (Å²) >= 11 is 0. The molecule has 0 unspecified atom stereocenters. The van der Waals surface area contributed by atoms with Crippen LogP contribution in [0.4, 0.5) is 5.69 Å². The SMILES string of the molecule is CCn1c(-c2cnc(C)nc2)nc2c(N)cc([C@@H](C(=O)N3C[C@@H](C)O[C@@H](C)C3)C3CC3)nc21. The minimum atomic E-state index is -0.291. The number of imidazole rings is 1. The van der Waals surface area contributed by atoms with Crippen molar-refractivity contribution < 1.29 is 9.53 Å². The number of pyridine rings is 1. The third kappa shape index (κ3) is 4.06. The summed E-state index contributed by atoms with van der Waals surface area (Å²) in [5.74, 6) is 1.57. The quantitative estimate of drug-likeness (QED) is 0.637. The van der Waals surface area contributed by atoms with E-state index in [1.165, 1.54) is 0 Å². The van der Waals surface area contributed by atoms with Crippen molar-refractivity contribution in [2.24, 2.45) is 5.92 Å². The molecular weight excluding hydrogens is 418 g/mol. The van der Waals surface area contributed by atoms with Gasteiger partial charge in [-0.1, -0.05) is 0 Å². The number of hydrogen-bond acceptors (Lipinski definition) is 7. The van der Waals surface area contributed by atoms with Gasteiger partial charge in [0, 0.05) is 32.0 Å². The summed E-state index contributed by atoms with van der Waals surface area (Å²) in [6, 6.07) is 1.85. The van der Waals surface area contributed by atoms with Crippen LogP contribution in [0.15, 0.2) is 18.5 Å². The van der Waals surface area contributed by atoms with Crippen LogP contribution in [0.1, 0.15) is 51.0 Å². The van der Waals surface area contributed by atoms with Crippen LogP contribution >= 0.6 is 0 Å². The fraction of sp³-hybridized carbons (Fsp3) is 0.542. The zero-order valence-corrected chi connectivity index (χ0v) is 19.7. The van der Waals surface area contributed by atoms with E-state index < -0.39 is 0 Å². The number of aryl methyl sites for hydroxylation is 2. The molecule has 1 aliphatic carbocycles. The number of nitrogens with zero attached hydrogens (tertiary/aromatic N) is 6. The molecule has 33 heavy (non-hydrogen) atoms. The van der Waals surface area contributed by atoms with Crippen LogP contribution in [0.25, 0.3) is 22.6 Å². The molecule has 1 aliphatic heterocycles. The number of aromatic nitrogens is 5. The van der Waals surface area contributed by atoms with E-state index in [1.54, 1.807) is 12.4 Å². The number of fused-ring (bicyclic) bond motifs is 1. The fourth-order valence-electron chi connectivity index (χ4n) is 4.87. The molecule has 9 heteroatoms. The van der Waals surface area contributed by atoms with E-state index >= 15 is 0 Å². The standard InChI is InChI=1S/C24H31N7O2/c1-5-31-22(17-9-26-15(4)27-10-17)29-21-18(25)8-19(28-23(21)31)20(16-6-7-16)24(32)30-11-13(2)33-14(3)12-30/h8-10,13-14,16,20H,5-7,11-12H2,1-4H3,(H2,25,28)/t13-,14+,20-/m0/s1. The maximum absolute atomic E-state index is 13.7. The molecule has 0 spiro atoms. The number of hydrogen-bond donors (Lipinski definition) is 1.